The van der Waals surface area contributed by atoms with Gasteiger partial charge in [-0.05, 0) is 37.3 Å². The molecule has 0 spiro atoms. The summed E-state index contributed by atoms with van der Waals surface area (Å²) in [5.74, 6) is -0.791. The molecule has 0 bridgehead atoms. The number of hydrogen-bond donors (Lipinski definition) is 1. The minimum absolute atomic E-state index is 0.412. The van der Waals surface area contributed by atoms with Crippen molar-refractivity contribution >= 4 is 5.69 Å². The van der Waals surface area contributed by atoms with Gasteiger partial charge >= 0.3 is 0 Å². The van der Waals surface area contributed by atoms with Crippen LogP contribution < -0.4 is 5.32 Å². The van der Waals surface area contributed by atoms with Crippen LogP contribution in [0.25, 0.3) is 0 Å². The van der Waals surface area contributed by atoms with E-state index >= 15 is 0 Å². The Morgan fingerprint density at radius 3 is 2.69 bits per heavy atom. The van der Waals surface area contributed by atoms with Crippen LogP contribution in [0.5, 0.6) is 0 Å². The van der Waals surface area contributed by atoms with Crippen LogP contribution in [0.2, 0.25) is 0 Å². The maximum Gasteiger partial charge on any atom is 0.160 e. The average molecular weight is 225 g/mol. The second kappa shape index (κ2) is 4.81. The van der Waals surface area contributed by atoms with E-state index in [9.17, 15) is 8.78 Å². The van der Waals surface area contributed by atoms with Crippen molar-refractivity contribution in [3.63, 3.8) is 0 Å². The lowest BCUT2D eigenvalue weighted by molar-refractivity contribution is 0.508. The predicted molar refractivity (Wildman–Crippen MR) is 61.4 cm³/mol. The molecule has 1 aromatic rings. The van der Waals surface area contributed by atoms with Crippen molar-refractivity contribution in [3.8, 4) is 0 Å². The van der Waals surface area contributed by atoms with E-state index in [1.54, 1.807) is 6.07 Å². The minimum Gasteiger partial charge on any atom is -0.382 e. The summed E-state index contributed by atoms with van der Waals surface area (Å²) >= 11 is 0. The maximum absolute atomic E-state index is 13.0. The quantitative estimate of drug-likeness (QED) is 0.821. The molecule has 0 aliphatic heterocycles. The van der Waals surface area contributed by atoms with Crippen molar-refractivity contribution in [2.45, 2.75) is 38.6 Å². The van der Waals surface area contributed by atoms with Crippen LogP contribution in [0, 0.1) is 17.6 Å². The average Bonchev–Trinajstić information content (AvgIpc) is 2.71. The second-order valence-electron chi connectivity index (χ2n) is 4.56. The molecule has 2 rings (SSSR count). The van der Waals surface area contributed by atoms with Gasteiger partial charge in [0.15, 0.2) is 11.6 Å². The Labute approximate surface area is 94.9 Å². The Balaban J connectivity index is 1.97. The topological polar surface area (TPSA) is 12.0 Å². The molecular formula is C13H17F2N. The van der Waals surface area contributed by atoms with Gasteiger partial charge in [0.2, 0.25) is 0 Å². The SMILES string of the molecule is CCC1CCC(Nc2ccc(F)c(F)c2)C1. The molecule has 0 radical (unpaired) electrons. The standard InChI is InChI=1S/C13H17F2N/c1-2-9-3-4-10(7-9)16-11-5-6-12(14)13(15)8-11/h5-6,8-10,16H,2-4,7H2,1H3. The van der Waals surface area contributed by atoms with E-state index < -0.39 is 11.6 Å². The third-order valence-electron chi connectivity index (χ3n) is 3.41. The number of rotatable bonds is 3. The van der Waals surface area contributed by atoms with Crippen LogP contribution in [-0.4, -0.2) is 6.04 Å². The fourth-order valence-corrected chi connectivity index (χ4v) is 2.40. The smallest absolute Gasteiger partial charge is 0.160 e. The Kier molecular flexibility index (Phi) is 3.42. The van der Waals surface area contributed by atoms with Gasteiger partial charge in [0.1, 0.15) is 0 Å². The maximum atomic E-state index is 13.0. The van der Waals surface area contributed by atoms with Gasteiger partial charge in [0, 0.05) is 17.8 Å². The normalized spacial score (nSPS) is 24.7. The highest BCUT2D eigenvalue weighted by molar-refractivity contribution is 5.44. The lowest BCUT2D eigenvalue weighted by Crippen LogP contribution is -2.15. The summed E-state index contributed by atoms with van der Waals surface area (Å²) < 4.78 is 25.7. The number of anilines is 1. The first-order chi connectivity index (χ1) is 7.69. The summed E-state index contributed by atoms with van der Waals surface area (Å²) in [7, 11) is 0. The van der Waals surface area contributed by atoms with Crippen molar-refractivity contribution in [1.82, 2.24) is 0 Å². The zero-order chi connectivity index (χ0) is 11.5. The fraction of sp³-hybridized carbons (Fsp3) is 0.538. The molecular weight excluding hydrogens is 208 g/mol. The summed E-state index contributed by atoms with van der Waals surface area (Å²) in [6.45, 7) is 2.20. The van der Waals surface area contributed by atoms with Crippen molar-refractivity contribution in [1.29, 1.82) is 0 Å². The zero-order valence-corrected chi connectivity index (χ0v) is 9.47. The van der Waals surface area contributed by atoms with E-state index in [-0.39, 0.29) is 0 Å². The van der Waals surface area contributed by atoms with E-state index in [4.69, 9.17) is 0 Å². The van der Waals surface area contributed by atoms with Gasteiger partial charge in [-0.25, -0.2) is 8.78 Å². The highest BCUT2D eigenvalue weighted by atomic mass is 19.2. The molecule has 1 saturated carbocycles. The highest BCUT2D eigenvalue weighted by Crippen LogP contribution is 2.30. The molecule has 1 N–H and O–H groups in total. The van der Waals surface area contributed by atoms with Crippen LogP contribution in [-0.2, 0) is 0 Å². The number of benzene rings is 1. The van der Waals surface area contributed by atoms with E-state index in [1.165, 1.54) is 25.0 Å². The predicted octanol–water partition coefficient (Wildman–Crippen LogP) is 3.96. The molecule has 0 aromatic heterocycles. The van der Waals surface area contributed by atoms with E-state index in [1.807, 2.05) is 0 Å². The lowest BCUT2D eigenvalue weighted by Gasteiger charge is -2.14. The molecule has 88 valence electrons. The van der Waals surface area contributed by atoms with Crippen LogP contribution in [0.4, 0.5) is 14.5 Å². The van der Waals surface area contributed by atoms with Crippen LogP contribution in [0.1, 0.15) is 32.6 Å². The van der Waals surface area contributed by atoms with Crippen LogP contribution >= 0.6 is 0 Å². The molecule has 16 heavy (non-hydrogen) atoms. The molecule has 1 aliphatic rings. The fourth-order valence-electron chi connectivity index (χ4n) is 2.40. The highest BCUT2D eigenvalue weighted by Gasteiger charge is 2.23. The van der Waals surface area contributed by atoms with Crippen LogP contribution in [0.3, 0.4) is 0 Å². The van der Waals surface area contributed by atoms with Crippen LogP contribution in [0.15, 0.2) is 18.2 Å². The number of hydrogen-bond acceptors (Lipinski definition) is 1. The van der Waals surface area contributed by atoms with E-state index in [0.717, 1.165) is 18.8 Å². The third-order valence-corrected chi connectivity index (χ3v) is 3.41. The number of halogens is 2. The van der Waals surface area contributed by atoms with Crippen molar-refractivity contribution in [2.75, 3.05) is 5.32 Å². The van der Waals surface area contributed by atoms with Gasteiger partial charge in [-0.3, -0.25) is 0 Å². The number of nitrogens with one attached hydrogen (secondary N) is 1. The van der Waals surface area contributed by atoms with Gasteiger partial charge in [0.25, 0.3) is 0 Å². The molecule has 1 aliphatic carbocycles. The van der Waals surface area contributed by atoms with E-state index in [2.05, 4.69) is 12.2 Å². The molecule has 2 unspecified atom stereocenters. The molecule has 1 aromatic carbocycles. The molecule has 1 nitrogen and oxygen atoms in total. The monoisotopic (exact) mass is 225 g/mol. The molecule has 1 fully saturated rings. The Morgan fingerprint density at radius 1 is 1.25 bits per heavy atom. The lowest BCUT2D eigenvalue weighted by atomic mass is 10.1. The first kappa shape index (κ1) is 11.4. The van der Waals surface area contributed by atoms with Crippen molar-refractivity contribution in [2.24, 2.45) is 5.92 Å². The van der Waals surface area contributed by atoms with Gasteiger partial charge in [-0.15, -0.1) is 0 Å². The summed E-state index contributed by atoms with van der Waals surface area (Å²) in [5, 5.41) is 3.27. The largest absolute Gasteiger partial charge is 0.382 e. The van der Waals surface area contributed by atoms with Gasteiger partial charge in [-0.2, -0.15) is 0 Å². The van der Waals surface area contributed by atoms with E-state index in [0.29, 0.717) is 11.7 Å². The van der Waals surface area contributed by atoms with Crippen molar-refractivity contribution < 1.29 is 8.78 Å². The minimum atomic E-state index is -0.789. The van der Waals surface area contributed by atoms with Gasteiger partial charge in [-0.1, -0.05) is 13.3 Å². The molecule has 3 heteroatoms. The zero-order valence-electron chi connectivity index (χ0n) is 9.47. The summed E-state index contributed by atoms with van der Waals surface area (Å²) in [4.78, 5) is 0. The Bertz CT molecular complexity index is 365. The molecule has 0 heterocycles. The molecule has 0 saturated heterocycles. The second-order valence-corrected chi connectivity index (χ2v) is 4.56. The Morgan fingerprint density at radius 2 is 2.06 bits per heavy atom. The summed E-state index contributed by atoms with van der Waals surface area (Å²) in [6, 6.07) is 4.41. The summed E-state index contributed by atoms with van der Waals surface area (Å²) in [5.41, 5.74) is 0.681. The molecule has 0 amide bonds. The summed E-state index contributed by atoms with van der Waals surface area (Å²) in [6.07, 6.45) is 4.70. The molecule has 2 atom stereocenters. The van der Waals surface area contributed by atoms with Gasteiger partial charge in [0.05, 0.1) is 0 Å². The first-order valence-corrected chi connectivity index (χ1v) is 5.90. The third kappa shape index (κ3) is 2.52. The van der Waals surface area contributed by atoms with Gasteiger partial charge < -0.3 is 5.32 Å². The van der Waals surface area contributed by atoms with Crippen molar-refractivity contribution in [3.05, 3.63) is 29.8 Å². The Hall–Kier alpha value is -1.12. The first-order valence-electron chi connectivity index (χ1n) is 5.90.